The largest absolute Gasteiger partial charge is 0.491 e. The molecule has 0 radical (unpaired) electrons. The van der Waals surface area contributed by atoms with Crippen molar-refractivity contribution in [2.24, 2.45) is 5.92 Å². The third kappa shape index (κ3) is 5.40. The van der Waals surface area contributed by atoms with Crippen LogP contribution in [0.3, 0.4) is 0 Å². The number of benzene rings is 2. The second kappa shape index (κ2) is 9.62. The highest BCUT2D eigenvalue weighted by Crippen LogP contribution is 2.24. The van der Waals surface area contributed by atoms with Gasteiger partial charge in [-0.3, -0.25) is 4.79 Å². The Bertz CT molecular complexity index is 982. The van der Waals surface area contributed by atoms with Gasteiger partial charge in [0.05, 0.1) is 10.9 Å². The highest BCUT2D eigenvalue weighted by atomic mass is 32.2. The summed E-state index contributed by atoms with van der Waals surface area (Å²) in [5, 5.41) is 2.88. The van der Waals surface area contributed by atoms with Crippen molar-refractivity contribution in [3.05, 3.63) is 59.7 Å². The number of hydrogen-bond acceptors (Lipinski definition) is 4. The lowest BCUT2D eigenvalue weighted by Crippen LogP contribution is -2.38. The van der Waals surface area contributed by atoms with Crippen molar-refractivity contribution in [2.45, 2.75) is 44.6 Å². The van der Waals surface area contributed by atoms with Crippen molar-refractivity contribution in [3.8, 4) is 5.75 Å². The molecular weight excluding hydrogens is 400 g/mol. The number of para-hydroxylation sites is 1. The summed E-state index contributed by atoms with van der Waals surface area (Å²) in [4.78, 5) is 12.8. The molecular formula is C23H30N2O4S. The monoisotopic (exact) mass is 430 g/mol. The van der Waals surface area contributed by atoms with Gasteiger partial charge in [0.25, 0.3) is 5.91 Å². The zero-order chi connectivity index (χ0) is 21.7. The molecule has 0 aromatic heterocycles. The van der Waals surface area contributed by atoms with Gasteiger partial charge in [-0.2, -0.15) is 4.31 Å². The summed E-state index contributed by atoms with van der Waals surface area (Å²) < 4.78 is 33.2. The van der Waals surface area contributed by atoms with Gasteiger partial charge >= 0.3 is 0 Å². The minimum Gasteiger partial charge on any atom is -0.491 e. The second-order valence-corrected chi connectivity index (χ2v) is 10.0. The molecule has 0 unspecified atom stereocenters. The Labute approximate surface area is 179 Å². The minimum atomic E-state index is -3.59. The van der Waals surface area contributed by atoms with E-state index in [-0.39, 0.29) is 16.8 Å². The number of carbonyl (C=O) groups excluding carboxylic acids is 1. The molecule has 2 aromatic rings. The number of hydrogen-bond donors (Lipinski definition) is 1. The van der Waals surface area contributed by atoms with E-state index in [0.717, 1.165) is 24.2 Å². The molecule has 1 fully saturated rings. The molecule has 6 nitrogen and oxygen atoms in total. The van der Waals surface area contributed by atoms with E-state index in [0.29, 0.717) is 31.2 Å². The van der Waals surface area contributed by atoms with Crippen LogP contribution >= 0.6 is 0 Å². The molecule has 2 aromatic carbocycles. The van der Waals surface area contributed by atoms with Gasteiger partial charge in [-0.1, -0.05) is 31.2 Å². The quantitative estimate of drug-likeness (QED) is 0.728. The Hall–Kier alpha value is -2.38. The van der Waals surface area contributed by atoms with Crippen LogP contribution in [0.25, 0.3) is 0 Å². The van der Waals surface area contributed by atoms with E-state index in [1.54, 1.807) is 18.2 Å². The van der Waals surface area contributed by atoms with Crippen molar-refractivity contribution in [2.75, 3.05) is 19.7 Å². The Morgan fingerprint density at radius 1 is 1.17 bits per heavy atom. The predicted octanol–water partition coefficient (Wildman–Crippen LogP) is 3.61. The van der Waals surface area contributed by atoms with Crippen LogP contribution in [0.1, 0.15) is 42.6 Å². The number of aryl methyl sites for hydroxylation is 1. The molecule has 1 aliphatic rings. The van der Waals surface area contributed by atoms with Crippen molar-refractivity contribution in [1.82, 2.24) is 9.62 Å². The topological polar surface area (TPSA) is 75.7 Å². The van der Waals surface area contributed by atoms with Gasteiger partial charge in [0.15, 0.2) is 0 Å². The van der Waals surface area contributed by atoms with E-state index >= 15 is 0 Å². The van der Waals surface area contributed by atoms with Gasteiger partial charge in [0.2, 0.25) is 10.0 Å². The Morgan fingerprint density at radius 2 is 1.87 bits per heavy atom. The predicted molar refractivity (Wildman–Crippen MR) is 117 cm³/mol. The van der Waals surface area contributed by atoms with Crippen LogP contribution in [-0.2, 0) is 10.0 Å². The standard InChI is InChI=1S/C23H30N2O4S/c1-17-11-13-25(14-12-17)30(27,28)21-9-6-8-20(15-21)23(26)24-19(3)16-29-22-10-5-4-7-18(22)2/h4-10,15,17,19H,11-14,16H2,1-3H3,(H,24,26)/t19-/m0/s1. The Morgan fingerprint density at radius 3 is 2.57 bits per heavy atom. The smallest absolute Gasteiger partial charge is 0.251 e. The third-order valence-corrected chi connectivity index (χ3v) is 7.33. The summed E-state index contributed by atoms with van der Waals surface area (Å²) in [7, 11) is -3.59. The highest BCUT2D eigenvalue weighted by Gasteiger charge is 2.28. The molecule has 1 heterocycles. The van der Waals surface area contributed by atoms with E-state index in [1.807, 2.05) is 38.1 Å². The molecule has 1 amide bonds. The average molecular weight is 431 g/mol. The van der Waals surface area contributed by atoms with E-state index < -0.39 is 10.0 Å². The number of rotatable bonds is 7. The summed E-state index contributed by atoms with van der Waals surface area (Å²) in [6.07, 6.45) is 1.72. The maximum absolute atomic E-state index is 13.0. The highest BCUT2D eigenvalue weighted by molar-refractivity contribution is 7.89. The summed E-state index contributed by atoms with van der Waals surface area (Å²) in [6, 6.07) is 13.7. The van der Waals surface area contributed by atoms with Gasteiger partial charge in [0.1, 0.15) is 12.4 Å². The Balaban J connectivity index is 1.63. The molecule has 7 heteroatoms. The molecule has 0 bridgehead atoms. The first-order valence-electron chi connectivity index (χ1n) is 10.4. The van der Waals surface area contributed by atoms with Gasteiger partial charge < -0.3 is 10.1 Å². The molecule has 1 aliphatic heterocycles. The molecule has 0 aliphatic carbocycles. The first kappa shape index (κ1) is 22.3. The first-order valence-corrected chi connectivity index (χ1v) is 11.8. The third-order valence-electron chi connectivity index (χ3n) is 5.44. The zero-order valence-corrected chi connectivity index (χ0v) is 18.6. The van der Waals surface area contributed by atoms with Crippen molar-refractivity contribution < 1.29 is 17.9 Å². The van der Waals surface area contributed by atoms with Crippen LogP contribution in [0.4, 0.5) is 0 Å². The van der Waals surface area contributed by atoms with E-state index in [2.05, 4.69) is 12.2 Å². The molecule has 162 valence electrons. The van der Waals surface area contributed by atoms with E-state index in [4.69, 9.17) is 4.74 Å². The summed E-state index contributed by atoms with van der Waals surface area (Å²) in [6.45, 7) is 7.32. The number of ether oxygens (including phenoxy) is 1. The molecule has 0 saturated carbocycles. The maximum Gasteiger partial charge on any atom is 0.251 e. The lowest BCUT2D eigenvalue weighted by atomic mass is 10.0. The number of carbonyl (C=O) groups is 1. The molecule has 1 saturated heterocycles. The van der Waals surface area contributed by atoms with E-state index in [9.17, 15) is 13.2 Å². The van der Waals surface area contributed by atoms with Crippen LogP contribution in [-0.4, -0.2) is 44.4 Å². The first-order chi connectivity index (χ1) is 14.3. The summed E-state index contributed by atoms with van der Waals surface area (Å²) >= 11 is 0. The van der Waals surface area contributed by atoms with Gasteiger partial charge in [-0.25, -0.2) is 8.42 Å². The normalized spacial score (nSPS) is 16.8. The minimum absolute atomic E-state index is 0.161. The van der Waals surface area contributed by atoms with Crippen LogP contribution in [0.15, 0.2) is 53.4 Å². The van der Waals surface area contributed by atoms with Crippen LogP contribution < -0.4 is 10.1 Å². The Kier molecular flexibility index (Phi) is 7.15. The van der Waals surface area contributed by atoms with Crippen LogP contribution in [0.2, 0.25) is 0 Å². The summed E-state index contributed by atoms with van der Waals surface area (Å²) in [5.74, 6) is 1.000. The zero-order valence-electron chi connectivity index (χ0n) is 17.8. The number of nitrogens with one attached hydrogen (secondary N) is 1. The fourth-order valence-corrected chi connectivity index (χ4v) is 4.97. The molecule has 0 spiro atoms. The number of sulfonamides is 1. The SMILES string of the molecule is Cc1ccccc1OC[C@H](C)NC(=O)c1cccc(S(=O)(=O)N2CCC(C)CC2)c1. The maximum atomic E-state index is 13.0. The molecule has 30 heavy (non-hydrogen) atoms. The number of nitrogens with zero attached hydrogens (tertiary/aromatic N) is 1. The second-order valence-electron chi connectivity index (χ2n) is 8.07. The number of amides is 1. The summed E-state index contributed by atoms with van der Waals surface area (Å²) in [5.41, 5.74) is 1.35. The van der Waals surface area contributed by atoms with E-state index in [1.165, 1.54) is 10.4 Å². The van der Waals surface area contributed by atoms with Gasteiger partial charge in [-0.15, -0.1) is 0 Å². The molecule has 1 atom stereocenters. The lowest BCUT2D eigenvalue weighted by Gasteiger charge is -2.29. The fraction of sp³-hybridized carbons (Fsp3) is 0.435. The molecule has 3 rings (SSSR count). The van der Waals surface area contributed by atoms with Crippen LogP contribution in [0.5, 0.6) is 5.75 Å². The lowest BCUT2D eigenvalue weighted by molar-refractivity contribution is 0.0926. The van der Waals surface area contributed by atoms with Crippen molar-refractivity contribution in [3.63, 3.8) is 0 Å². The molecule has 1 N–H and O–H groups in total. The van der Waals surface area contributed by atoms with Gasteiger partial charge in [-0.05, 0) is 62.4 Å². The van der Waals surface area contributed by atoms with Crippen LogP contribution in [0, 0.1) is 12.8 Å². The van der Waals surface area contributed by atoms with Gasteiger partial charge in [0, 0.05) is 18.7 Å². The fourth-order valence-electron chi connectivity index (χ4n) is 3.45. The average Bonchev–Trinajstić information content (AvgIpc) is 2.73. The number of piperidine rings is 1. The van der Waals surface area contributed by atoms with Crippen molar-refractivity contribution in [1.29, 1.82) is 0 Å². The van der Waals surface area contributed by atoms with Crippen molar-refractivity contribution >= 4 is 15.9 Å².